The lowest BCUT2D eigenvalue weighted by Crippen LogP contribution is -2.41. The van der Waals surface area contributed by atoms with Gasteiger partial charge in [-0.25, -0.2) is 4.98 Å². The molecule has 2 aliphatic rings. The minimum absolute atomic E-state index is 0.594. The van der Waals surface area contributed by atoms with Gasteiger partial charge in [0.15, 0.2) is 0 Å². The normalized spacial score (nSPS) is 23.0. The highest BCUT2D eigenvalue weighted by Crippen LogP contribution is 2.33. The molecule has 0 bridgehead atoms. The molecule has 0 saturated heterocycles. The Labute approximate surface area is 161 Å². The maximum atomic E-state index is 4.82. The van der Waals surface area contributed by atoms with Crippen LogP contribution in [0.5, 0.6) is 0 Å². The number of hydrogen-bond donors (Lipinski definition) is 1. The third kappa shape index (κ3) is 3.19. The summed E-state index contributed by atoms with van der Waals surface area (Å²) in [5.74, 6) is 1.17. The number of aromatic nitrogens is 2. The highest BCUT2D eigenvalue weighted by Gasteiger charge is 2.28. The minimum atomic E-state index is 0.594. The number of hydrogen-bond acceptors (Lipinski definition) is 2. The summed E-state index contributed by atoms with van der Waals surface area (Å²) in [6.45, 7) is 4.31. The van der Waals surface area contributed by atoms with E-state index in [0.717, 1.165) is 5.52 Å². The van der Waals surface area contributed by atoms with Crippen LogP contribution in [0.3, 0.4) is 0 Å². The molecule has 0 amide bonds. The van der Waals surface area contributed by atoms with Crippen molar-refractivity contribution in [3.05, 3.63) is 65.0 Å². The van der Waals surface area contributed by atoms with Crippen molar-refractivity contribution in [3.8, 4) is 0 Å². The second-order valence-electron chi connectivity index (χ2n) is 8.57. The Bertz CT molecular complexity index is 938. The Balaban J connectivity index is 1.24. The molecule has 0 spiro atoms. The summed E-state index contributed by atoms with van der Waals surface area (Å²) >= 11 is 0. The molecular formula is C24H29N3. The molecule has 140 valence electrons. The van der Waals surface area contributed by atoms with Gasteiger partial charge in [-0.1, -0.05) is 30.3 Å². The molecule has 3 aromatic rings. The van der Waals surface area contributed by atoms with E-state index in [0.29, 0.717) is 18.1 Å². The molecule has 27 heavy (non-hydrogen) atoms. The lowest BCUT2D eigenvalue weighted by molar-refractivity contribution is 0.276. The molecule has 0 radical (unpaired) electrons. The first-order valence-electron chi connectivity index (χ1n) is 10.5. The quantitative estimate of drug-likeness (QED) is 0.721. The van der Waals surface area contributed by atoms with Crippen LogP contribution in [0.25, 0.3) is 11.0 Å². The lowest BCUT2D eigenvalue weighted by Gasteiger charge is -2.32. The van der Waals surface area contributed by atoms with E-state index in [-0.39, 0.29) is 0 Å². The van der Waals surface area contributed by atoms with Crippen LogP contribution in [-0.4, -0.2) is 21.6 Å². The van der Waals surface area contributed by atoms with Gasteiger partial charge >= 0.3 is 0 Å². The average molecular weight is 360 g/mol. The molecule has 0 atom stereocenters. The van der Waals surface area contributed by atoms with Gasteiger partial charge in [0.25, 0.3) is 0 Å². The van der Waals surface area contributed by atoms with Gasteiger partial charge in [0, 0.05) is 18.1 Å². The van der Waals surface area contributed by atoms with Gasteiger partial charge in [0.1, 0.15) is 5.82 Å². The van der Waals surface area contributed by atoms with Crippen LogP contribution in [-0.2, 0) is 12.8 Å². The zero-order valence-corrected chi connectivity index (χ0v) is 16.4. The monoisotopic (exact) mass is 359 g/mol. The van der Waals surface area contributed by atoms with E-state index in [1.165, 1.54) is 55.4 Å². The van der Waals surface area contributed by atoms with Crippen molar-refractivity contribution in [2.75, 3.05) is 0 Å². The molecule has 2 aliphatic carbocycles. The van der Waals surface area contributed by atoms with Crippen LogP contribution in [0.15, 0.2) is 42.5 Å². The van der Waals surface area contributed by atoms with Crippen molar-refractivity contribution >= 4 is 11.0 Å². The van der Waals surface area contributed by atoms with Crippen molar-refractivity contribution in [1.29, 1.82) is 0 Å². The summed E-state index contributed by atoms with van der Waals surface area (Å²) in [6, 6.07) is 17.5. The lowest BCUT2D eigenvalue weighted by atomic mass is 9.90. The predicted molar refractivity (Wildman–Crippen MR) is 111 cm³/mol. The van der Waals surface area contributed by atoms with E-state index in [2.05, 4.69) is 66.2 Å². The number of fused-ring (bicyclic) bond motifs is 2. The Morgan fingerprint density at radius 1 is 0.889 bits per heavy atom. The zero-order valence-electron chi connectivity index (χ0n) is 16.4. The molecule has 0 aliphatic heterocycles. The van der Waals surface area contributed by atoms with Gasteiger partial charge in [-0.05, 0) is 81.2 Å². The second kappa shape index (κ2) is 6.79. The van der Waals surface area contributed by atoms with Crippen molar-refractivity contribution in [3.63, 3.8) is 0 Å². The van der Waals surface area contributed by atoms with Gasteiger partial charge < -0.3 is 9.88 Å². The number of benzene rings is 2. The summed E-state index contributed by atoms with van der Waals surface area (Å²) in [6.07, 6.45) is 7.42. The third-order valence-electron chi connectivity index (χ3n) is 6.61. The molecule has 1 heterocycles. The number of imidazole rings is 1. The van der Waals surface area contributed by atoms with E-state index in [1.54, 1.807) is 11.1 Å². The predicted octanol–water partition coefficient (Wildman–Crippen LogP) is 4.89. The van der Waals surface area contributed by atoms with Crippen LogP contribution in [0.4, 0.5) is 0 Å². The van der Waals surface area contributed by atoms with Gasteiger partial charge in [-0.2, -0.15) is 0 Å². The fourth-order valence-electron chi connectivity index (χ4n) is 5.30. The molecule has 2 aromatic carbocycles. The number of nitrogens with zero attached hydrogens (tertiary/aromatic N) is 2. The highest BCUT2D eigenvalue weighted by atomic mass is 15.1. The fraction of sp³-hybridized carbons (Fsp3) is 0.458. The van der Waals surface area contributed by atoms with Crippen LogP contribution in [0.2, 0.25) is 0 Å². The van der Waals surface area contributed by atoms with E-state index >= 15 is 0 Å². The Kier molecular flexibility index (Phi) is 4.28. The van der Waals surface area contributed by atoms with Crippen molar-refractivity contribution in [2.45, 2.75) is 70.5 Å². The van der Waals surface area contributed by atoms with Gasteiger partial charge in [-0.3, -0.25) is 0 Å². The molecule has 1 N–H and O–H groups in total. The van der Waals surface area contributed by atoms with Crippen LogP contribution in [0, 0.1) is 13.8 Å². The van der Waals surface area contributed by atoms with E-state index in [9.17, 15) is 0 Å². The van der Waals surface area contributed by atoms with E-state index in [4.69, 9.17) is 4.98 Å². The van der Waals surface area contributed by atoms with E-state index in [1.807, 2.05) is 0 Å². The summed E-state index contributed by atoms with van der Waals surface area (Å²) in [5.41, 5.74) is 6.83. The topological polar surface area (TPSA) is 29.9 Å². The SMILES string of the molecule is Cc1ccc2c(c1)nc(C)n2C1CCC(NC2Cc3ccccc3C2)CC1. The van der Waals surface area contributed by atoms with Crippen LogP contribution >= 0.6 is 0 Å². The summed E-state index contributed by atoms with van der Waals surface area (Å²) in [7, 11) is 0. The molecule has 0 unspecified atom stereocenters. The standard InChI is InChI=1S/C24H29N3/c1-16-7-12-24-23(13-16)25-17(2)27(24)22-10-8-20(9-11-22)26-21-14-18-5-3-4-6-19(18)15-21/h3-7,12-13,20-22,26H,8-11,14-15H2,1-2H3. The second-order valence-corrected chi connectivity index (χ2v) is 8.57. The van der Waals surface area contributed by atoms with Crippen molar-refractivity contribution < 1.29 is 0 Å². The van der Waals surface area contributed by atoms with Crippen LogP contribution < -0.4 is 5.32 Å². The first-order chi connectivity index (χ1) is 13.2. The Morgan fingerprint density at radius 2 is 1.59 bits per heavy atom. The summed E-state index contributed by atoms with van der Waals surface area (Å²) in [4.78, 5) is 4.82. The summed E-state index contributed by atoms with van der Waals surface area (Å²) in [5, 5.41) is 3.96. The van der Waals surface area contributed by atoms with Gasteiger partial charge in [0.2, 0.25) is 0 Å². The first kappa shape index (κ1) is 17.0. The Hall–Kier alpha value is -2.13. The van der Waals surface area contributed by atoms with Gasteiger partial charge in [0.05, 0.1) is 11.0 Å². The molecular weight excluding hydrogens is 330 g/mol. The van der Waals surface area contributed by atoms with E-state index < -0.39 is 0 Å². The minimum Gasteiger partial charge on any atom is -0.325 e. The molecule has 5 rings (SSSR count). The Morgan fingerprint density at radius 3 is 2.30 bits per heavy atom. The molecule has 1 aromatic heterocycles. The highest BCUT2D eigenvalue weighted by molar-refractivity contribution is 5.77. The largest absolute Gasteiger partial charge is 0.325 e. The maximum Gasteiger partial charge on any atom is 0.106 e. The van der Waals surface area contributed by atoms with Gasteiger partial charge in [-0.15, -0.1) is 0 Å². The zero-order chi connectivity index (χ0) is 18.4. The number of rotatable bonds is 3. The maximum absolute atomic E-state index is 4.82. The molecule has 3 heteroatoms. The first-order valence-corrected chi connectivity index (χ1v) is 10.5. The van der Waals surface area contributed by atoms with Crippen LogP contribution in [0.1, 0.15) is 54.2 Å². The number of aryl methyl sites for hydroxylation is 2. The molecule has 1 fully saturated rings. The molecule has 1 saturated carbocycles. The molecule has 3 nitrogen and oxygen atoms in total. The average Bonchev–Trinajstić information content (AvgIpc) is 3.21. The fourth-order valence-corrected chi connectivity index (χ4v) is 5.30. The van der Waals surface area contributed by atoms with Crippen molar-refractivity contribution in [2.24, 2.45) is 0 Å². The summed E-state index contributed by atoms with van der Waals surface area (Å²) < 4.78 is 2.50. The number of nitrogens with one attached hydrogen (secondary N) is 1. The van der Waals surface area contributed by atoms with Crippen molar-refractivity contribution in [1.82, 2.24) is 14.9 Å². The smallest absolute Gasteiger partial charge is 0.106 e. The third-order valence-corrected chi connectivity index (χ3v) is 6.61.